The van der Waals surface area contributed by atoms with Gasteiger partial charge in [0.25, 0.3) is 0 Å². The second-order valence-electron chi connectivity index (χ2n) is 5.03. The molecule has 0 spiro atoms. The highest BCUT2D eigenvalue weighted by Gasteiger charge is 2.21. The summed E-state index contributed by atoms with van der Waals surface area (Å²) in [4.78, 5) is 0. The molecule has 0 amide bonds. The summed E-state index contributed by atoms with van der Waals surface area (Å²) in [5.74, 6) is 0.649. The number of hydrogen-bond donors (Lipinski definition) is 1. The summed E-state index contributed by atoms with van der Waals surface area (Å²) < 4.78 is 27.8. The first-order chi connectivity index (χ1) is 8.72. The molecule has 0 fully saturated rings. The fraction of sp³-hybridized carbons (Fsp3) is 0.667. The van der Waals surface area contributed by atoms with Gasteiger partial charge in [0.05, 0.1) is 8.81 Å². The molecule has 0 saturated heterocycles. The average Bonchev–Trinajstić information content (AvgIpc) is 2.58. The number of hydrogen-bond acceptors (Lipinski definition) is 3. The Morgan fingerprint density at radius 1 is 1.37 bits per heavy atom. The van der Waals surface area contributed by atoms with Gasteiger partial charge in [0, 0.05) is 6.04 Å². The monoisotopic (exact) mass is 387 g/mol. The molecule has 110 valence electrons. The second-order valence-corrected chi connectivity index (χ2v) is 9.75. The van der Waals surface area contributed by atoms with Gasteiger partial charge in [0.15, 0.2) is 0 Å². The predicted octanol–water partition coefficient (Wildman–Crippen LogP) is 4.66. The Bertz CT molecular complexity index is 494. The summed E-state index contributed by atoms with van der Waals surface area (Å²) in [5.41, 5.74) is 0. The Kier molecular flexibility index (Phi) is 6.79. The van der Waals surface area contributed by atoms with Gasteiger partial charge in [-0.3, -0.25) is 0 Å². The zero-order valence-corrected chi connectivity index (χ0v) is 15.2. The smallest absolute Gasteiger partial charge is 0.208 e. The molecule has 3 nitrogen and oxygen atoms in total. The zero-order chi connectivity index (χ0) is 14.6. The van der Waals surface area contributed by atoms with Gasteiger partial charge < -0.3 is 0 Å². The molecule has 0 radical (unpaired) electrons. The molecule has 0 aromatic carbocycles. The van der Waals surface area contributed by atoms with Crippen molar-refractivity contribution in [3.05, 3.63) is 14.9 Å². The standard InChI is InChI=1S/C12H19BrClNO2S2/c1-8(2)5-4-6-9(3)15-19(16,17)11-7-10(14)12(13)18-11/h7-9,15H,4-6H2,1-3H3. The van der Waals surface area contributed by atoms with Crippen LogP contribution in [-0.4, -0.2) is 14.5 Å². The minimum Gasteiger partial charge on any atom is -0.208 e. The van der Waals surface area contributed by atoms with E-state index in [0.29, 0.717) is 14.7 Å². The van der Waals surface area contributed by atoms with Crippen LogP contribution in [0.15, 0.2) is 14.1 Å². The van der Waals surface area contributed by atoms with E-state index in [4.69, 9.17) is 11.6 Å². The molecule has 0 aliphatic rings. The summed E-state index contributed by atoms with van der Waals surface area (Å²) in [6, 6.07) is 1.41. The van der Waals surface area contributed by atoms with Crippen molar-refractivity contribution in [1.29, 1.82) is 0 Å². The van der Waals surface area contributed by atoms with Crippen molar-refractivity contribution in [1.82, 2.24) is 4.72 Å². The molecule has 0 bridgehead atoms. The van der Waals surface area contributed by atoms with E-state index in [2.05, 4.69) is 34.5 Å². The summed E-state index contributed by atoms with van der Waals surface area (Å²) in [6.07, 6.45) is 2.98. The largest absolute Gasteiger partial charge is 0.250 e. The quantitative estimate of drug-likeness (QED) is 0.738. The third-order valence-corrected chi connectivity index (χ3v) is 7.20. The Labute approximate surface area is 132 Å². The third-order valence-electron chi connectivity index (χ3n) is 2.66. The summed E-state index contributed by atoms with van der Waals surface area (Å²) in [6.45, 7) is 6.22. The molecule has 1 atom stereocenters. The van der Waals surface area contributed by atoms with E-state index in [-0.39, 0.29) is 10.3 Å². The van der Waals surface area contributed by atoms with Crippen LogP contribution in [0.4, 0.5) is 0 Å². The van der Waals surface area contributed by atoms with Crippen LogP contribution in [0, 0.1) is 5.92 Å². The van der Waals surface area contributed by atoms with E-state index < -0.39 is 10.0 Å². The fourth-order valence-corrected chi connectivity index (χ4v) is 5.37. The van der Waals surface area contributed by atoms with Crippen LogP contribution in [0.3, 0.4) is 0 Å². The molecule has 1 N–H and O–H groups in total. The number of nitrogens with one attached hydrogen (secondary N) is 1. The highest BCUT2D eigenvalue weighted by atomic mass is 79.9. The van der Waals surface area contributed by atoms with E-state index in [1.165, 1.54) is 6.07 Å². The van der Waals surface area contributed by atoms with Gasteiger partial charge >= 0.3 is 0 Å². The summed E-state index contributed by atoms with van der Waals surface area (Å²) >= 11 is 10.2. The van der Waals surface area contributed by atoms with E-state index in [1.807, 2.05) is 6.92 Å². The summed E-state index contributed by atoms with van der Waals surface area (Å²) in [7, 11) is -3.46. The van der Waals surface area contributed by atoms with Gasteiger partial charge in [0.1, 0.15) is 4.21 Å². The fourth-order valence-electron chi connectivity index (χ4n) is 1.67. The van der Waals surface area contributed by atoms with Crippen molar-refractivity contribution in [2.75, 3.05) is 0 Å². The van der Waals surface area contributed by atoms with Crippen molar-refractivity contribution in [3.63, 3.8) is 0 Å². The lowest BCUT2D eigenvalue weighted by Gasteiger charge is -2.13. The molecule has 7 heteroatoms. The van der Waals surface area contributed by atoms with E-state index in [9.17, 15) is 8.42 Å². The molecule has 0 aliphatic carbocycles. The van der Waals surface area contributed by atoms with Crippen LogP contribution in [0.1, 0.15) is 40.0 Å². The topological polar surface area (TPSA) is 46.2 Å². The Morgan fingerprint density at radius 2 is 2.00 bits per heavy atom. The first kappa shape index (κ1) is 17.4. The Balaban J connectivity index is 2.59. The Morgan fingerprint density at radius 3 is 2.47 bits per heavy atom. The molecular formula is C12H19BrClNO2S2. The van der Waals surface area contributed by atoms with E-state index >= 15 is 0 Å². The van der Waals surface area contributed by atoms with Gasteiger partial charge in [-0.1, -0.05) is 38.3 Å². The molecule has 1 aromatic rings. The van der Waals surface area contributed by atoms with Crippen LogP contribution in [-0.2, 0) is 10.0 Å². The first-order valence-electron chi connectivity index (χ1n) is 6.19. The van der Waals surface area contributed by atoms with Gasteiger partial charge in [-0.2, -0.15) is 0 Å². The van der Waals surface area contributed by atoms with Gasteiger partial charge in [-0.15, -0.1) is 11.3 Å². The minimum absolute atomic E-state index is 0.0663. The maximum absolute atomic E-state index is 12.1. The summed E-state index contributed by atoms with van der Waals surface area (Å²) in [5, 5.41) is 0.429. The van der Waals surface area contributed by atoms with Gasteiger partial charge in [-0.05, 0) is 41.3 Å². The molecular weight excluding hydrogens is 370 g/mol. The molecule has 19 heavy (non-hydrogen) atoms. The second kappa shape index (κ2) is 7.41. The van der Waals surface area contributed by atoms with Crippen LogP contribution >= 0.6 is 38.9 Å². The minimum atomic E-state index is -3.46. The van der Waals surface area contributed by atoms with Gasteiger partial charge in [0.2, 0.25) is 10.0 Å². The molecule has 1 unspecified atom stereocenters. The molecule has 1 aromatic heterocycles. The number of rotatable bonds is 7. The zero-order valence-electron chi connectivity index (χ0n) is 11.2. The highest BCUT2D eigenvalue weighted by molar-refractivity contribution is 9.11. The maximum atomic E-state index is 12.1. The molecule has 0 saturated carbocycles. The van der Waals surface area contributed by atoms with Crippen LogP contribution < -0.4 is 4.72 Å². The van der Waals surface area contributed by atoms with Crippen LogP contribution in [0.25, 0.3) is 0 Å². The maximum Gasteiger partial charge on any atom is 0.250 e. The van der Waals surface area contributed by atoms with Gasteiger partial charge in [-0.25, -0.2) is 13.1 Å². The number of thiophene rings is 1. The highest BCUT2D eigenvalue weighted by Crippen LogP contribution is 2.34. The van der Waals surface area contributed by atoms with Crippen molar-refractivity contribution in [2.24, 2.45) is 5.92 Å². The lowest BCUT2D eigenvalue weighted by molar-refractivity contribution is 0.489. The molecule has 1 rings (SSSR count). The predicted molar refractivity (Wildman–Crippen MR) is 85.5 cm³/mol. The SMILES string of the molecule is CC(C)CCCC(C)NS(=O)(=O)c1cc(Cl)c(Br)s1. The van der Waals surface area contributed by atoms with Crippen LogP contribution in [0.2, 0.25) is 5.02 Å². The van der Waals surface area contributed by atoms with Crippen LogP contribution in [0.5, 0.6) is 0 Å². The van der Waals surface area contributed by atoms with Crippen molar-refractivity contribution < 1.29 is 8.42 Å². The molecule has 1 heterocycles. The normalized spacial score (nSPS) is 14.0. The Hall–Kier alpha value is 0.380. The number of sulfonamides is 1. The van der Waals surface area contributed by atoms with Crippen molar-refractivity contribution >= 4 is 48.9 Å². The lowest BCUT2D eigenvalue weighted by atomic mass is 10.0. The number of halogens is 2. The lowest BCUT2D eigenvalue weighted by Crippen LogP contribution is -2.32. The van der Waals surface area contributed by atoms with E-state index in [1.54, 1.807) is 0 Å². The van der Waals surface area contributed by atoms with Crippen molar-refractivity contribution in [3.8, 4) is 0 Å². The van der Waals surface area contributed by atoms with Crippen molar-refractivity contribution in [2.45, 2.75) is 50.3 Å². The average molecular weight is 389 g/mol. The molecule has 0 aliphatic heterocycles. The first-order valence-corrected chi connectivity index (χ1v) is 9.66. The van der Waals surface area contributed by atoms with E-state index in [0.717, 1.165) is 30.6 Å². The third kappa shape index (κ3) is 5.71.